The number of benzene rings is 1. The maximum Gasteiger partial charge on any atom is 0.266 e. The number of aromatic nitrogens is 1. The average Bonchev–Trinajstić information content (AvgIpc) is 3.04. The van der Waals surface area contributed by atoms with Crippen LogP contribution in [0.4, 0.5) is 5.82 Å². The summed E-state index contributed by atoms with van der Waals surface area (Å²) in [6.07, 6.45) is 6.38. The Kier molecular flexibility index (Phi) is 7.02. The minimum Gasteiger partial charge on any atom is -0.382 e. The molecule has 158 valence electrons. The molecule has 2 fully saturated rings. The first kappa shape index (κ1) is 21.3. The number of amides is 1. The van der Waals surface area contributed by atoms with Gasteiger partial charge in [-0.2, -0.15) is 0 Å². The summed E-state index contributed by atoms with van der Waals surface area (Å²) in [7, 11) is 0. The monoisotopic (exact) mass is 441 g/mol. The van der Waals surface area contributed by atoms with E-state index in [0.717, 1.165) is 41.8 Å². The number of para-hydroxylation sites is 1. The van der Waals surface area contributed by atoms with Gasteiger partial charge in [-0.1, -0.05) is 42.2 Å². The summed E-state index contributed by atoms with van der Waals surface area (Å²) in [6.45, 7) is 5.90. The van der Waals surface area contributed by atoms with E-state index >= 15 is 0 Å². The highest BCUT2D eigenvalue weighted by Crippen LogP contribution is 2.35. The Labute approximate surface area is 187 Å². The average molecular weight is 442 g/mol. The number of carbonyl (C=O) groups excluding carboxylic acids is 1. The van der Waals surface area contributed by atoms with E-state index in [2.05, 4.69) is 17.0 Å². The highest BCUT2D eigenvalue weighted by Gasteiger charge is 2.32. The fraction of sp³-hybridized carbons (Fsp3) is 0.435. The van der Waals surface area contributed by atoms with Gasteiger partial charge >= 0.3 is 0 Å². The van der Waals surface area contributed by atoms with Crippen molar-refractivity contribution in [2.24, 2.45) is 0 Å². The molecular weight excluding hydrogens is 414 g/mol. The van der Waals surface area contributed by atoms with Crippen molar-refractivity contribution in [1.82, 2.24) is 9.88 Å². The molecule has 4 rings (SSSR count). The molecule has 0 saturated carbocycles. The molecule has 1 aromatic carbocycles. The van der Waals surface area contributed by atoms with Crippen molar-refractivity contribution in [1.29, 1.82) is 0 Å². The number of thioether (sulfide) groups is 1. The fourth-order valence-corrected chi connectivity index (χ4v) is 5.19. The molecule has 2 aliphatic rings. The van der Waals surface area contributed by atoms with Crippen LogP contribution in [0.5, 0.6) is 0 Å². The van der Waals surface area contributed by atoms with Crippen LogP contribution in [0.1, 0.15) is 38.2 Å². The Morgan fingerprint density at radius 2 is 2.03 bits per heavy atom. The Morgan fingerprint density at radius 3 is 2.83 bits per heavy atom. The van der Waals surface area contributed by atoms with Gasteiger partial charge in [0.05, 0.1) is 10.4 Å². The summed E-state index contributed by atoms with van der Waals surface area (Å²) in [6, 6.07) is 10.3. The largest absolute Gasteiger partial charge is 0.382 e. The van der Waals surface area contributed by atoms with E-state index in [9.17, 15) is 4.79 Å². The molecular formula is C23H27N3O2S2. The molecule has 30 heavy (non-hydrogen) atoms. The first-order valence-corrected chi connectivity index (χ1v) is 11.9. The molecule has 2 aromatic rings. The topological polar surface area (TPSA) is 45.7 Å². The van der Waals surface area contributed by atoms with Crippen LogP contribution in [-0.2, 0) is 9.53 Å². The number of hydrogen-bond acceptors (Lipinski definition) is 6. The number of nitrogens with zero attached hydrogens (tertiary/aromatic N) is 3. The quantitative estimate of drug-likeness (QED) is 0.348. The van der Waals surface area contributed by atoms with Crippen molar-refractivity contribution in [2.45, 2.75) is 32.6 Å². The molecule has 0 N–H and O–H groups in total. The van der Waals surface area contributed by atoms with E-state index < -0.39 is 0 Å². The summed E-state index contributed by atoms with van der Waals surface area (Å²) >= 11 is 6.87. The smallest absolute Gasteiger partial charge is 0.266 e. The standard InChI is InChI=1S/C23H27N3O2S2/c1-2-28-14-8-13-26-22(27)20(30-23(26)29)16-18-15-17-9-4-5-10-19(17)24-21(18)25-11-6-3-7-12-25/h4-5,9-10,15-16H,2-3,6-8,11-14H2,1H3/b20-16-. The molecule has 3 heterocycles. The summed E-state index contributed by atoms with van der Waals surface area (Å²) in [5.41, 5.74) is 1.98. The van der Waals surface area contributed by atoms with Crippen LogP contribution >= 0.6 is 24.0 Å². The number of thiocarbonyl (C=S) groups is 1. The van der Waals surface area contributed by atoms with Crippen LogP contribution in [-0.4, -0.2) is 53.0 Å². The van der Waals surface area contributed by atoms with Gasteiger partial charge in [0.25, 0.3) is 5.91 Å². The molecule has 1 aromatic heterocycles. The number of fused-ring (bicyclic) bond motifs is 1. The van der Waals surface area contributed by atoms with Crippen LogP contribution in [0.3, 0.4) is 0 Å². The van der Waals surface area contributed by atoms with E-state index in [-0.39, 0.29) is 5.91 Å². The number of pyridine rings is 1. The van der Waals surface area contributed by atoms with Gasteiger partial charge in [0.1, 0.15) is 10.1 Å². The lowest BCUT2D eigenvalue weighted by Crippen LogP contribution is -2.31. The number of hydrogen-bond donors (Lipinski definition) is 0. The van der Waals surface area contributed by atoms with Crippen LogP contribution in [0.25, 0.3) is 17.0 Å². The molecule has 0 atom stereocenters. The molecule has 0 radical (unpaired) electrons. The van der Waals surface area contributed by atoms with Crippen molar-refractivity contribution in [3.8, 4) is 0 Å². The maximum atomic E-state index is 13.0. The Hall–Kier alpha value is -1.96. The molecule has 0 unspecified atom stereocenters. The molecule has 2 aliphatic heterocycles. The van der Waals surface area contributed by atoms with E-state index in [1.165, 1.54) is 31.0 Å². The Morgan fingerprint density at radius 1 is 1.23 bits per heavy atom. The molecule has 7 heteroatoms. The second-order valence-electron chi connectivity index (χ2n) is 7.53. The zero-order valence-corrected chi connectivity index (χ0v) is 18.9. The number of anilines is 1. The van der Waals surface area contributed by atoms with E-state index in [4.69, 9.17) is 21.9 Å². The third-order valence-electron chi connectivity index (χ3n) is 5.42. The van der Waals surface area contributed by atoms with E-state index in [1.807, 2.05) is 31.2 Å². The number of ether oxygens (including phenoxy) is 1. The lowest BCUT2D eigenvalue weighted by molar-refractivity contribution is -0.122. The lowest BCUT2D eigenvalue weighted by atomic mass is 10.1. The molecule has 0 aliphatic carbocycles. The van der Waals surface area contributed by atoms with Gasteiger partial charge in [0.2, 0.25) is 0 Å². The van der Waals surface area contributed by atoms with E-state index in [1.54, 1.807) is 4.90 Å². The van der Waals surface area contributed by atoms with E-state index in [0.29, 0.717) is 29.0 Å². The first-order valence-electron chi connectivity index (χ1n) is 10.6. The van der Waals surface area contributed by atoms with Gasteiger partial charge in [0, 0.05) is 43.8 Å². The van der Waals surface area contributed by atoms with Crippen LogP contribution in [0.2, 0.25) is 0 Å². The molecule has 1 amide bonds. The number of rotatable bonds is 7. The second-order valence-corrected chi connectivity index (χ2v) is 9.20. The Balaban J connectivity index is 1.64. The van der Waals surface area contributed by atoms with Crippen molar-refractivity contribution >= 4 is 57.0 Å². The molecule has 5 nitrogen and oxygen atoms in total. The van der Waals surface area contributed by atoms with Crippen molar-refractivity contribution < 1.29 is 9.53 Å². The molecule has 2 saturated heterocycles. The van der Waals surface area contributed by atoms with Gasteiger partial charge in [-0.25, -0.2) is 4.98 Å². The minimum absolute atomic E-state index is 0.0146. The van der Waals surface area contributed by atoms with Crippen LogP contribution in [0, 0.1) is 0 Å². The zero-order chi connectivity index (χ0) is 20.9. The zero-order valence-electron chi connectivity index (χ0n) is 17.3. The minimum atomic E-state index is -0.0146. The molecule has 0 bridgehead atoms. The Bertz CT molecular complexity index is 970. The summed E-state index contributed by atoms with van der Waals surface area (Å²) in [5, 5.41) is 1.08. The van der Waals surface area contributed by atoms with Crippen molar-refractivity contribution in [2.75, 3.05) is 37.7 Å². The second kappa shape index (κ2) is 9.90. The summed E-state index contributed by atoms with van der Waals surface area (Å²) < 4.78 is 6.01. The van der Waals surface area contributed by atoms with Crippen molar-refractivity contribution in [3.05, 3.63) is 40.8 Å². The summed E-state index contributed by atoms with van der Waals surface area (Å²) in [4.78, 5) is 22.7. The SMILES string of the molecule is CCOCCCN1C(=O)/C(=C/c2cc3ccccc3nc2N2CCCCC2)SC1=S. The van der Waals surface area contributed by atoms with Gasteiger partial charge in [-0.3, -0.25) is 9.69 Å². The lowest BCUT2D eigenvalue weighted by Gasteiger charge is -2.29. The number of carbonyl (C=O) groups is 1. The highest BCUT2D eigenvalue weighted by atomic mass is 32.2. The maximum absolute atomic E-state index is 13.0. The van der Waals surface area contributed by atoms with Crippen LogP contribution in [0.15, 0.2) is 35.2 Å². The van der Waals surface area contributed by atoms with Crippen LogP contribution < -0.4 is 4.90 Å². The third kappa shape index (κ3) is 4.68. The third-order valence-corrected chi connectivity index (χ3v) is 6.80. The van der Waals surface area contributed by atoms with Gasteiger partial charge in [-0.15, -0.1) is 0 Å². The van der Waals surface area contributed by atoms with Crippen molar-refractivity contribution in [3.63, 3.8) is 0 Å². The normalized spacial score (nSPS) is 18.8. The fourth-order valence-electron chi connectivity index (χ4n) is 3.89. The number of piperidine rings is 1. The van der Waals surface area contributed by atoms with Gasteiger partial charge < -0.3 is 9.64 Å². The first-order chi connectivity index (χ1) is 14.7. The van der Waals surface area contributed by atoms with Gasteiger partial charge in [0.15, 0.2) is 0 Å². The predicted octanol–water partition coefficient (Wildman–Crippen LogP) is 4.85. The molecule has 0 spiro atoms. The predicted molar refractivity (Wildman–Crippen MR) is 129 cm³/mol. The highest BCUT2D eigenvalue weighted by molar-refractivity contribution is 8.26. The summed E-state index contributed by atoms with van der Waals surface area (Å²) in [5.74, 6) is 0.953. The van der Waals surface area contributed by atoms with Gasteiger partial charge in [-0.05, 0) is 50.8 Å².